The van der Waals surface area contributed by atoms with Crippen LogP contribution in [0.1, 0.15) is 18.2 Å². The van der Waals surface area contributed by atoms with Crippen LogP contribution >= 0.6 is 22.9 Å². The van der Waals surface area contributed by atoms with Crippen LogP contribution in [-0.4, -0.2) is 16.5 Å². The van der Waals surface area contributed by atoms with Crippen molar-refractivity contribution in [2.75, 3.05) is 11.4 Å². The Kier molecular flexibility index (Phi) is 4.34. The molecule has 5 heteroatoms. The Morgan fingerprint density at radius 3 is 2.71 bits per heavy atom. The number of alkyl halides is 1. The van der Waals surface area contributed by atoms with Crippen LogP contribution in [0.5, 0.6) is 0 Å². The zero-order valence-corrected chi connectivity index (χ0v) is 11.2. The molecule has 0 spiro atoms. The molecule has 2 aromatic heterocycles. The molecule has 90 valence electrons. The monoisotopic (exact) mass is 267 g/mol. The van der Waals surface area contributed by atoms with Gasteiger partial charge in [0.05, 0.1) is 11.6 Å². The molecule has 3 nitrogen and oxygen atoms in total. The first-order valence-corrected chi connectivity index (χ1v) is 6.89. The number of aromatic nitrogens is 2. The molecule has 0 atom stereocenters. The highest BCUT2D eigenvalue weighted by Gasteiger charge is 2.09. The Morgan fingerprint density at radius 1 is 1.35 bits per heavy atom. The molecule has 17 heavy (non-hydrogen) atoms. The molecule has 0 fully saturated rings. The molecule has 0 aromatic carbocycles. The van der Waals surface area contributed by atoms with E-state index in [9.17, 15) is 0 Å². The van der Waals surface area contributed by atoms with Crippen LogP contribution in [0.4, 0.5) is 5.13 Å². The molecule has 2 rings (SSSR count). The molecule has 0 aliphatic carbocycles. The fraction of sp³-hybridized carbons (Fsp3) is 0.333. The van der Waals surface area contributed by atoms with Gasteiger partial charge < -0.3 is 4.90 Å². The maximum Gasteiger partial charge on any atom is 0.185 e. The summed E-state index contributed by atoms with van der Waals surface area (Å²) in [4.78, 5) is 10.7. The van der Waals surface area contributed by atoms with E-state index in [2.05, 4.69) is 21.8 Å². The molecule has 0 bridgehead atoms. The maximum absolute atomic E-state index is 5.77. The lowest BCUT2D eigenvalue weighted by Crippen LogP contribution is -2.21. The van der Waals surface area contributed by atoms with Crippen molar-refractivity contribution in [2.24, 2.45) is 0 Å². The molecule has 0 amide bonds. The molecule has 0 N–H and O–H groups in total. The van der Waals surface area contributed by atoms with Gasteiger partial charge in [0, 0.05) is 30.9 Å². The van der Waals surface area contributed by atoms with Crippen molar-refractivity contribution in [1.29, 1.82) is 0 Å². The second-order valence-electron chi connectivity index (χ2n) is 3.62. The maximum atomic E-state index is 5.77. The molecule has 2 aromatic rings. The molecule has 2 heterocycles. The first-order valence-electron chi connectivity index (χ1n) is 5.47. The van der Waals surface area contributed by atoms with E-state index in [0.717, 1.165) is 23.9 Å². The van der Waals surface area contributed by atoms with Gasteiger partial charge in [-0.2, -0.15) is 0 Å². The Labute approximate surface area is 110 Å². The van der Waals surface area contributed by atoms with Crippen LogP contribution in [-0.2, 0) is 12.4 Å². The summed E-state index contributed by atoms with van der Waals surface area (Å²) in [6.07, 6.45) is 3.63. The van der Waals surface area contributed by atoms with Gasteiger partial charge in [0.25, 0.3) is 0 Å². The number of pyridine rings is 1. The van der Waals surface area contributed by atoms with Crippen molar-refractivity contribution in [3.63, 3.8) is 0 Å². The summed E-state index contributed by atoms with van der Waals surface area (Å²) in [7, 11) is 0. The summed E-state index contributed by atoms with van der Waals surface area (Å²) < 4.78 is 0. The van der Waals surface area contributed by atoms with Crippen molar-refractivity contribution >= 4 is 28.1 Å². The van der Waals surface area contributed by atoms with Gasteiger partial charge in [-0.15, -0.1) is 22.9 Å². The van der Waals surface area contributed by atoms with Crippen LogP contribution in [0, 0.1) is 0 Å². The fourth-order valence-electron chi connectivity index (χ4n) is 1.53. The lowest BCUT2D eigenvalue weighted by Gasteiger charge is -2.19. The topological polar surface area (TPSA) is 29.0 Å². The Bertz CT molecular complexity index is 458. The highest BCUT2D eigenvalue weighted by Crippen LogP contribution is 2.22. The minimum Gasteiger partial charge on any atom is -0.344 e. The summed E-state index contributed by atoms with van der Waals surface area (Å²) in [5.41, 5.74) is 2.18. The van der Waals surface area contributed by atoms with Crippen LogP contribution in [0.15, 0.2) is 29.9 Å². The largest absolute Gasteiger partial charge is 0.344 e. The lowest BCUT2D eigenvalue weighted by atomic mass is 10.2. The van der Waals surface area contributed by atoms with Gasteiger partial charge in [-0.1, -0.05) is 0 Å². The third-order valence-corrected chi connectivity index (χ3v) is 3.68. The van der Waals surface area contributed by atoms with Crippen molar-refractivity contribution in [2.45, 2.75) is 19.3 Å². The van der Waals surface area contributed by atoms with E-state index in [1.54, 1.807) is 11.3 Å². The highest BCUT2D eigenvalue weighted by atomic mass is 35.5. The van der Waals surface area contributed by atoms with Gasteiger partial charge in [-0.3, -0.25) is 4.98 Å². The molecule has 0 saturated heterocycles. The number of rotatable bonds is 5. The Hall–Kier alpha value is -1.13. The SMILES string of the molecule is CCN(Cc1ccncc1)c1nc(CCl)cs1. The van der Waals surface area contributed by atoms with Crippen LogP contribution in [0.3, 0.4) is 0 Å². The number of thiazole rings is 1. The molecule has 0 aliphatic rings. The molecular formula is C12H14ClN3S. The summed E-state index contributed by atoms with van der Waals surface area (Å²) in [6, 6.07) is 4.05. The molecule has 0 saturated carbocycles. The van der Waals surface area contributed by atoms with Gasteiger partial charge in [0.1, 0.15) is 0 Å². The van der Waals surface area contributed by atoms with E-state index in [0.29, 0.717) is 5.88 Å². The van der Waals surface area contributed by atoms with E-state index >= 15 is 0 Å². The normalized spacial score (nSPS) is 10.5. The van der Waals surface area contributed by atoms with Crippen LogP contribution in [0.25, 0.3) is 0 Å². The standard InChI is InChI=1S/C12H14ClN3S/c1-2-16(8-10-3-5-14-6-4-10)12-15-11(7-13)9-17-12/h3-6,9H,2,7-8H2,1H3. The third kappa shape index (κ3) is 3.17. The van der Waals surface area contributed by atoms with E-state index in [1.165, 1.54) is 5.56 Å². The van der Waals surface area contributed by atoms with Gasteiger partial charge in [0.15, 0.2) is 5.13 Å². The number of hydrogen-bond donors (Lipinski definition) is 0. The smallest absolute Gasteiger partial charge is 0.185 e. The summed E-state index contributed by atoms with van der Waals surface area (Å²) in [5, 5.41) is 3.04. The van der Waals surface area contributed by atoms with Crippen molar-refractivity contribution in [3.05, 3.63) is 41.2 Å². The first kappa shape index (κ1) is 12.3. The van der Waals surface area contributed by atoms with Crippen molar-refractivity contribution in [3.8, 4) is 0 Å². The molecular weight excluding hydrogens is 254 g/mol. The number of hydrogen-bond acceptors (Lipinski definition) is 4. The average Bonchev–Trinajstić information content (AvgIpc) is 2.86. The Balaban J connectivity index is 2.11. The van der Waals surface area contributed by atoms with Crippen molar-refractivity contribution in [1.82, 2.24) is 9.97 Å². The van der Waals surface area contributed by atoms with Gasteiger partial charge in [-0.05, 0) is 24.6 Å². The summed E-state index contributed by atoms with van der Waals surface area (Å²) in [5.74, 6) is 0.476. The predicted molar refractivity (Wildman–Crippen MR) is 72.6 cm³/mol. The van der Waals surface area contributed by atoms with Crippen LogP contribution in [0.2, 0.25) is 0 Å². The summed E-state index contributed by atoms with van der Waals surface area (Å²) in [6.45, 7) is 3.91. The highest BCUT2D eigenvalue weighted by molar-refractivity contribution is 7.13. The van der Waals surface area contributed by atoms with E-state index in [4.69, 9.17) is 11.6 Å². The van der Waals surface area contributed by atoms with E-state index in [1.807, 2.05) is 29.9 Å². The van der Waals surface area contributed by atoms with E-state index in [-0.39, 0.29) is 0 Å². The Morgan fingerprint density at radius 2 is 2.12 bits per heavy atom. The second kappa shape index (κ2) is 5.98. The van der Waals surface area contributed by atoms with E-state index < -0.39 is 0 Å². The van der Waals surface area contributed by atoms with Crippen molar-refractivity contribution < 1.29 is 0 Å². The molecule has 0 unspecified atom stereocenters. The van der Waals surface area contributed by atoms with Gasteiger partial charge in [-0.25, -0.2) is 4.98 Å². The second-order valence-corrected chi connectivity index (χ2v) is 4.73. The number of halogens is 1. The third-order valence-electron chi connectivity index (χ3n) is 2.45. The molecule has 0 radical (unpaired) electrons. The van der Waals surface area contributed by atoms with Gasteiger partial charge in [0.2, 0.25) is 0 Å². The molecule has 0 aliphatic heterocycles. The number of anilines is 1. The average molecular weight is 268 g/mol. The summed E-state index contributed by atoms with van der Waals surface area (Å²) >= 11 is 7.41. The minimum atomic E-state index is 0.476. The minimum absolute atomic E-state index is 0.476. The zero-order valence-electron chi connectivity index (χ0n) is 9.64. The fourth-order valence-corrected chi connectivity index (χ4v) is 2.64. The first-order chi connectivity index (χ1) is 8.33. The lowest BCUT2D eigenvalue weighted by molar-refractivity contribution is 0.822. The van der Waals surface area contributed by atoms with Crippen LogP contribution < -0.4 is 4.90 Å². The zero-order chi connectivity index (χ0) is 12.1. The van der Waals surface area contributed by atoms with Gasteiger partial charge >= 0.3 is 0 Å². The quantitative estimate of drug-likeness (QED) is 0.779. The predicted octanol–water partition coefficient (Wildman–Crippen LogP) is 3.30. The number of nitrogens with zero attached hydrogens (tertiary/aromatic N) is 3.